The lowest BCUT2D eigenvalue weighted by atomic mass is 9.95. The van der Waals surface area contributed by atoms with E-state index in [0.29, 0.717) is 12.2 Å². The van der Waals surface area contributed by atoms with Crippen molar-refractivity contribution < 1.29 is 22.7 Å². The number of ether oxygens (including phenoxy) is 1. The summed E-state index contributed by atoms with van der Waals surface area (Å²) in [6.07, 6.45) is 5.38. The second-order valence-electron chi connectivity index (χ2n) is 11.1. The fraction of sp³-hybridized carbons (Fsp3) is 0.394. The van der Waals surface area contributed by atoms with E-state index in [1.807, 2.05) is 26.0 Å². The van der Waals surface area contributed by atoms with Crippen LogP contribution in [0, 0.1) is 6.92 Å². The minimum Gasteiger partial charge on any atom is -0.497 e. The van der Waals surface area contributed by atoms with E-state index < -0.39 is 28.5 Å². The van der Waals surface area contributed by atoms with Crippen molar-refractivity contribution in [3.63, 3.8) is 0 Å². The van der Waals surface area contributed by atoms with Gasteiger partial charge in [-0.25, -0.2) is 8.42 Å². The molecule has 1 saturated carbocycles. The summed E-state index contributed by atoms with van der Waals surface area (Å²) in [6.45, 7) is 3.24. The van der Waals surface area contributed by atoms with Crippen LogP contribution in [0.3, 0.4) is 0 Å². The minimum atomic E-state index is -4.22. The van der Waals surface area contributed by atoms with Crippen molar-refractivity contribution in [3.05, 3.63) is 87.9 Å². The Kier molecular flexibility index (Phi) is 11.6. The summed E-state index contributed by atoms with van der Waals surface area (Å²) in [5, 5.41) is 3.55. The van der Waals surface area contributed by atoms with Crippen molar-refractivity contribution >= 4 is 50.7 Å². The Morgan fingerprint density at radius 1 is 0.955 bits per heavy atom. The molecule has 1 atom stereocenters. The molecule has 0 aromatic heterocycles. The van der Waals surface area contributed by atoms with E-state index in [2.05, 4.69) is 5.32 Å². The van der Waals surface area contributed by atoms with E-state index in [1.54, 1.807) is 31.4 Å². The molecule has 8 nitrogen and oxygen atoms in total. The zero-order chi connectivity index (χ0) is 31.9. The molecule has 2 amide bonds. The van der Waals surface area contributed by atoms with Gasteiger partial charge in [0.05, 0.1) is 27.7 Å². The van der Waals surface area contributed by atoms with Crippen LogP contribution in [-0.4, -0.2) is 50.9 Å². The van der Waals surface area contributed by atoms with Crippen LogP contribution in [0.15, 0.2) is 71.6 Å². The molecular weight excluding hydrogens is 621 g/mol. The molecule has 0 unspecified atom stereocenters. The molecule has 0 spiro atoms. The summed E-state index contributed by atoms with van der Waals surface area (Å²) >= 11 is 12.4. The number of carbonyl (C=O) groups is 2. The summed E-state index contributed by atoms with van der Waals surface area (Å²) in [6, 6.07) is 17.3. The lowest BCUT2D eigenvalue weighted by Crippen LogP contribution is -2.54. The summed E-state index contributed by atoms with van der Waals surface area (Å²) in [7, 11) is -2.65. The number of halogens is 2. The third-order valence-electron chi connectivity index (χ3n) is 7.93. The average Bonchev–Trinajstić information content (AvgIpc) is 3.02. The van der Waals surface area contributed by atoms with Gasteiger partial charge in [0, 0.05) is 12.6 Å². The largest absolute Gasteiger partial charge is 0.497 e. The Labute approximate surface area is 270 Å². The van der Waals surface area contributed by atoms with Gasteiger partial charge < -0.3 is 15.0 Å². The second kappa shape index (κ2) is 15.1. The van der Waals surface area contributed by atoms with Crippen LogP contribution in [0.1, 0.15) is 56.6 Å². The lowest BCUT2D eigenvalue weighted by Gasteiger charge is -2.34. The van der Waals surface area contributed by atoms with E-state index >= 15 is 0 Å². The summed E-state index contributed by atoms with van der Waals surface area (Å²) in [5.74, 6) is -0.124. The standard InChI is InChI=1S/C33H39Cl2N3O5S/c1-4-31(33(40)36-25-8-6-5-7-9-25)37(21-24-12-15-27(43-3)16-13-24)32(39)22-38(26-14-19-29(34)30(35)20-26)44(41,42)28-17-10-23(2)11-18-28/h10-20,25,31H,4-9,21-22H2,1-3H3,(H,36,40)/t31-/m0/s1. The van der Waals surface area contributed by atoms with E-state index in [1.165, 1.54) is 35.2 Å². The Balaban J connectivity index is 1.72. The van der Waals surface area contributed by atoms with Crippen molar-refractivity contribution in [3.8, 4) is 5.75 Å². The molecule has 0 radical (unpaired) electrons. The van der Waals surface area contributed by atoms with Gasteiger partial charge in [-0.3, -0.25) is 13.9 Å². The molecule has 3 aromatic carbocycles. The third kappa shape index (κ3) is 8.25. The smallest absolute Gasteiger partial charge is 0.264 e. The van der Waals surface area contributed by atoms with Gasteiger partial charge in [0.2, 0.25) is 11.8 Å². The van der Waals surface area contributed by atoms with E-state index in [9.17, 15) is 18.0 Å². The quantitative estimate of drug-likeness (QED) is 0.232. The van der Waals surface area contributed by atoms with Crippen LogP contribution in [0.2, 0.25) is 10.0 Å². The maximum absolute atomic E-state index is 14.3. The predicted molar refractivity (Wildman–Crippen MR) is 175 cm³/mol. The number of anilines is 1. The molecule has 3 aromatic rings. The Morgan fingerprint density at radius 3 is 2.20 bits per heavy atom. The van der Waals surface area contributed by atoms with Gasteiger partial charge in [-0.1, -0.05) is 79.2 Å². The van der Waals surface area contributed by atoms with Gasteiger partial charge in [-0.2, -0.15) is 0 Å². The number of benzene rings is 3. The van der Waals surface area contributed by atoms with Crippen molar-refractivity contribution in [2.45, 2.75) is 75.9 Å². The molecule has 0 bridgehead atoms. The predicted octanol–water partition coefficient (Wildman–Crippen LogP) is 6.76. The fourth-order valence-corrected chi connectivity index (χ4v) is 7.10. The third-order valence-corrected chi connectivity index (χ3v) is 10.5. The van der Waals surface area contributed by atoms with Crippen molar-refractivity contribution in [2.24, 2.45) is 0 Å². The highest BCUT2D eigenvalue weighted by atomic mass is 35.5. The van der Waals surface area contributed by atoms with Gasteiger partial charge in [-0.05, 0) is 74.2 Å². The average molecular weight is 661 g/mol. The Morgan fingerprint density at radius 2 is 1.61 bits per heavy atom. The first-order valence-corrected chi connectivity index (χ1v) is 17.0. The van der Waals surface area contributed by atoms with Gasteiger partial charge in [0.25, 0.3) is 10.0 Å². The van der Waals surface area contributed by atoms with Gasteiger partial charge >= 0.3 is 0 Å². The number of hydrogen-bond donors (Lipinski definition) is 1. The first-order valence-electron chi connectivity index (χ1n) is 14.8. The van der Waals surface area contributed by atoms with Gasteiger partial charge in [-0.15, -0.1) is 0 Å². The second-order valence-corrected chi connectivity index (χ2v) is 13.7. The van der Waals surface area contributed by atoms with Crippen molar-refractivity contribution in [2.75, 3.05) is 18.0 Å². The molecule has 1 N–H and O–H groups in total. The summed E-state index contributed by atoms with van der Waals surface area (Å²) in [5.41, 5.74) is 1.84. The highest BCUT2D eigenvalue weighted by Gasteiger charge is 2.34. The maximum atomic E-state index is 14.3. The highest BCUT2D eigenvalue weighted by molar-refractivity contribution is 7.92. The number of nitrogens with one attached hydrogen (secondary N) is 1. The number of amides is 2. The number of nitrogens with zero attached hydrogens (tertiary/aromatic N) is 2. The van der Waals surface area contributed by atoms with Crippen molar-refractivity contribution in [1.82, 2.24) is 10.2 Å². The van der Waals surface area contributed by atoms with Crippen LogP contribution in [0.5, 0.6) is 5.75 Å². The van der Waals surface area contributed by atoms with Crippen LogP contribution < -0.4 is 14.4 Å². The van der Waals surface area contributed by atoms with E-state index in [-0.39, 0.29) is 39.1 Å². The highest BCUT2D eigenvalue weighted by Crippen LogP contribution is 2.31. The number of methoxy groups -OCH3 is 1. The molecule has 1 aliphatic rings. The Hall–Kier alpha value is -3.27. The number of hydrogen-bond acceptors (Lipinski definition) is 5. The van der Waals surface area contributed by atoms with Crippen molar-refractivity contribution in [1.29, 1.82) is 0 Å². The molecule has 236 valence electrons. The van der Waals surface area contributed by atoms with Crippen LogP contribution in [0.4, 0.5) is 5.69 Å². The molecule has 0 saturated heterocycles. The summed E-state index contributed by atoms with van der Waals surface area (Å²) < 4.78 is 34.4. The molecule has 1 aliphatic carbocycles. The maximum Gasteiger partial charge on any atom is 0.264 e. The molecular formula is C33H39Cl2N3O5S. The number of sulfonamides is 1. The zero-order valence-corrected chi connectivity index (χ0v) is 27.6. The normalized spacial score (nSPS) is 14.5. The first kappa shape index (κ1) is 33.6. The Bertz CT molecular complexity index is 1540. The number of aryl methyl sites for hydroxylation is 1. The lowest BCUT2D eigenvalue weighted by molar-refractivity contribution is -0.140. The minimum absolute atomic E-state index is 0.0192. The molecule has 1 fully saturated rings. The fourth-order valence-electron chi connectivity index (χ4n) is 5.40. The van der Waals surface area contributed by atoms with Gasteiger partial charge in [0.1, 0.15) is 18.3 Å². The summed E-state index contributed by atoms with van der Waals surface area (Å²) in [4.78, 5) is 29.5. The van der Waals surface area contributed by atoms with E-state index in [0.717, 1.165) is 47.5 Å². The monoisotopic (exact) mass is 659 g/mol. The number of carbonyl (C=O) groups excluding carboxylic acids is 2. The SMILES string of the molecule is CC[C@@H](C(=O)NC1CCCCC1)N(Cc1ccc(OC)cc1)C(=O)CN(c1ccc(Cl)c(Cl)c1)S(=O)(=O)c1ccc(C)cc1. The van der Waals surface area contributed by atoms with Crippen LogP contribution in [0.25, 0.3) is 0 Å². The van der Waals surface area contributed by atoms with Crippen LogP contribution in [-0.2, 0) is 26.2 Å². The molecule has 0 heterocycles. The van der Waals surface area contributed by atoms with Crippen LogP contribution >= 0.6 is 23.2 Å². The first-order chi connectivity index (χ1) is 21.0. The van der Waals surface area contributed by atoms with Gasteiger partial charge in [0.15, 0.2) is 0 Å². The molecule has 4 rings (SSSR count). The molecule has 0 aliphatic heterocycles. The topological polar surface area (TPSA) is 96.0 Å². The zero-order valence-electron chi connectivity index (χ0n) is 25.3. The van der Waals surface area contributed by atoms with E-state index in [4.69, 9.17) is 27.9 Å². The molecule has 11 heteroatoms. The molecule has 44 heavy (non-hydrogen) atoms. The number of rotatable bonds is 12.